The Bertz CT molecular complexity index is 1100. The average molecular weight is 397 g/mol. The fourth-order valence-corrected chi connectivity index (χ4v) is 5.18. The number of halogens is 1. The first kappa shape index (κ1) is 17.1. The van der Waals surface area contributed by atoms with Gasteiger partial charge in [0, 0.05) is 18.4 Å². The molecule has 1 heterocycles. The highest BCUT2D eigenvalue weighted by Crippen LogP contribution is 2.57. The Kier molecular flexibility index (Phi) is 3.49. The van der Waals surface area contributed by atoms with Gasteiger partial charge in [-0.15, -0.1) is 0 Å². The molecule has 2 aromatic carbocycles. The molecule has 1 saturated carbocycles. The molecule has 1 saturated heterocycles. The minimum Gasteiger partial charge on any atom is -0.299 e. The highest BCUT2D eigenvalue weighted by molar-refractivity contribution is 6.33. The van der Waals surface area contributed by atoms with Crippen LogP contribution in [0.15, 0.2) is 42.5 Å². The molecule has 28 heavy (non-hydrogen) atoms. The third-order valence-corrected chi connectivity index (χ3v) is 6.39. The van der Waals surface area contributed by atoms with Gasteiger partial charge in [-0.3, -0.25) is 24.5 Å². The summed E-state index contributed by atoms with van der Waals surface area (Å²) in [6.45, 7) is 0. The summed E-state index contributed by atoms with van der Waals surface area (Å²) in [6, 6.07) is 11.3. The Morgan fingerprint density at radius 3 is 2.39 bits per heavy atom. The van der Waals surface area contributed by atoms with Gasteiger partial charge < -0.3 is 0 Å². The monoisotopic (exact) mass is 396 g/mol. The van der Waals surface area contributed by atoms with Gasteiger partial charge in [-0.1, -0.05) is 35.9 Å². The SMILES string of the molecule is O=C1C[C@H]2c3ccccc3[C@H]1[C@H]1C(=O)N(c3ccc(Cl)c([N+](=O)[O-])c3)C(=O)[C@@H]12. The molecule has 3 aliphatic carbocycles. The van der Waals surface area contributed by atoms with Crippen LogP contribution in [0.3, 0.4) is 0 Å². The molecule has 0 N–H and O–H groups in total. The molecule has 0 aromatic heterocycles. The Labute approximate surface area is 164 Å². The second-order valence-electron chi connectivity index (χ2n) is 7.34. The zero-order valence-corrected chi connectivity index (χ0v) is 15.1. The number of rotatable bonds is 2. The van der Waals surface area contributed by atoms with E-state index in [4.69, 9.17) is 11.6 Å². The van der Waals surface area contributed by atoms with E-state index >= 15 is 0 Å². The first-order chi connectivity index (χ1) is 13.4. The van der Waals surface area contributed by atoms with E-state index in [1.165, 1.54) is 12.1 Å². The number of nitrogens with zero attached hydrogens (tertiary/aromatic N) is 2. The van der Waals surface area contributed by atoms with E-state index in [1.54, 1.807) is 0 Å². The number of nitro groups is 1. The molecule has 2 aromatic rings. The van der Waals surface area contributed by atoms with Gasteiger partial charge in [0.1, 0.15) is 10.8 Å². The smallest absolute Gasteiger partial charge is 0.289 e. The van der Waals surface area contributed by atoms with Crippen LogP contribution in [0.2, 0.25) is 5.02 Å². The van der Waals surface area contributed by atoms with E-state index in [9.17, 15) is 24.5 Å². The van der Waals surface area contributed by atoms with Gasteiger partial charge >= 0.3 is 0 Å². The topological polar surface area (TPSA) is 97.6 Å². The maximum Gasteiger partial charge on any atom is 0.289 e. The lowest BCUT2D eigenvalue weighted by Gasteiger charge is -2.43. The molecule has 0 radical (unpaired) electrons. The number of imide groups is 1. The second-order valence-corrected chi connectivity index (χ2v) is 7.75. The van der Waals surface area contributed by atoms with Crippen molar-refractivity contribution >= 4 is 40.6 Å². The first-order valence-electron chi connectivity index (χ1n) is 8.83. The molecule has 0 unspecified atom stereocenters. The highest BCUT2D eigenvalue weighted by atomic mass is 35.5. The summed E-state index contributed by atoms with van der Waals surface area (Å²) in [5.74, 6) is -3.30. The van der Waals surface area contributed by atoms with E-state index in [0.29, 0.717) is 0 Å². The summed E-state index contributed by atoms with van der Waals surface area (Å²) in [5, 5.41) is 11.1. The van der Waals surface area contributed by atoms with Gasteiger partial charge in [-0.25, -0.2) is 4.90 Å². The average Bonchev–Trinajstić information content (AvgIpc) is 2.94. The normalized spacial score (nSPS) is 27.8. The molecule has 8 heteroatoms. The van der Waals surface area contributed by atoms with Crippen LogP contribution in [-0.4, -0.2) is 22.5 Å². The predicted molar refractivity (Wildman–Crippen MR) is 99.1 cm³/mol. The van der Waals surface area contributed by atoms with Crippen LogP contribution in [0, 0.1) is 22.0 Å². The number of hydrogen-bond acceptors (Lipinski definition) is 5. The zero-order valence-electron chi connectivity index (χ0n) is 14.4. The molecule has 6 rings (SSSR count). The lowest BCUT2D eigenvalue weighted by molar-refractivity contribution is -0.384. The van der Waals surface area contributed by atoms with Gasteiger partial charge in [0.05, 0.1) is 28.4 Å². The maximum atomic E-state index is 13.2. The standard InChI is InChI=1S/C20H13ClN2O5/c21-13-6-5-9(7-14(13)23(27)28)22-19(25)17-12-8-15(24)16(18(17)20(22)26)11-4-2-1-3-10(11)12/h1-7,12,16-18H,8H2/t12-,16+,17+,18+/m0/s1. The van der Waals surface area contributed by atoms with E-state index in [-0.39, 0.29) is 34.5 Å². The van der Waals surface area contributed by atoms with Crippen molar-refractivity contribution in [2.75, 3.05) is 4.90 Å². The predicted octanol–water partition coefficient (Wildman–Crippen LogP) is 3.21. The highest BCUT2D eigenvalue weighted by Gasteiger charge is 2.62. The van der Waals surface area contributed by atoms with Crippen molar-refractivity contribution in [1.82, 2.24) is 0 Å². The zero-order chi connectivity index (χ0) is 19.7. The summed E-state index contributed by atoms with van der Waals surface area (Å²) in [5.41, 5.74) is 1.49. The molecule has 2 bridgehead atoms. The Balaban J connectivity index is 1.63. The molecule has 140 valence electrons. The summed E-state index contributed by atoms with van der Waals surface area (Å²) >= 11 is 5.85. The number of amides is 2. The molecule has 2 fully saturated rings. The largest absolute Gasteiger partial charge is 0.299 e. The van der Waals surface area contributed by atoms with E-state index in [2.05, 4.69) is 0 Å². The van der Waals surface area contributed by atoms with Crippen LogP contribution in [0.5, 0.6) is 0 Å². The van der Waals surface area contributed by atoms with Crippen molar-refractivity contribution in [2.45, 2.75) is 18.3 Å². The van der Waals surface area contributed by atoms with Gasteiger partial charge in [0.25, 0.3) is 5.69 Å². The lowest BCUT2D eigenvalue weighted by atomic mass is 9.56. The quantitative estimate of drug-likeness (QED) is 0.441. The van der Waals surface area contributed by atoms with Gasteiger partial charge in [0.2, 0.25) is 11.8 Å². The molecule has 1 aliphatic heterocycles. The number of carbonyl (C=O) groups excluding carboxylic acids is 3. The third kappa shape index (κ3) is 2.08. The van der Waals surface area contributed by atoms with Crippen LogP contribution >= 0.6 is 11.6 Å². The van der Waals surface area contributed by atoms with Crippen molar-refractivity contribution in [2.24, 2.45) is 11.8 Å². The van der Waals surface area contributed by atoms with Crippen LogP contribution in [-0.2, 0) is 14.4 Å². The number of ketones is 1. The molecule has 0 spiro atoms. The van der Waals surface area contributed by atoms with Crippen LogP contribution in [0.1, 0.15) is 29.4 Å². The molecular weight excluding hydrogens is 384 g/mol. The number of anilines is 1. The van der Waals surface area contributed by atoms with Crippen LogP contribution in [0.4, 0.5) is 11.4 Å². The van der Waals surface area contributed by atoms with Gasteiger partial charge in [-0.05, 0) is 23.3 Å². The Hall–Kier alpha value is -3.06. The van der Waals surface area contributed by atoms with Crippen molar-refractivity contribution in [3.63, 3.8) is 0 Å². The van der Waals surface area contributed by atoms with Crippen LogP contribution < -0.4 is 4.90 Å². The maximum absolute atomic E-state index is 13.2. The van der Waals surface area contributed by atoms with Crippen molar-refractivity contribution < 1.29 is 19.3 Å². The van der Waals surface area contributed by atoms with Gasteiger partial charge in [-0.2, -0.15) is 0 Å². The Morgan fingerprint density at radius 1 is 1.00 bits per heavy atom. The summed E-state index contributed by atoms with van der Waals surface area (Å²) in [6.07, 6.45) is 0.233. The minimum atomic E-state index is -0.761. The molecular formula is C20H13ClN2O5. The van der Waals surface area contributed by atoms with E-state index < -0.39 is 34.5 Å². The van der Waals surface area contributed by atoms with E-state index in [0.717, 1.165) is 22.1 Å². The number of hydrogen-bond donors (Lipinski definition) is 0. The van der Waals surface area contributed by atoms with Crippen molar-refractivity contribution in [3.05, 3.63) is 68.7 Å². The molecule has 4 aliphatic rings. The van der Waals surface area contributed by atoms with Crippen LogP contribution in [0.25, 0.3) is 0 Å². The second kappa shape index (κ2) is 5.72. The summed E-state index contributed by atoms with van der Waals surface area (Å²) in [4.78, 5) is 50.6. The molecule has 7 nitrogen and oxygen atoms in total. The van der Waals surface area contributed by atoms with E-state index in [1.807, 2.05) is 24.3 Å². The fourth-order valence-electron chi connectivity index (χ4n) is 4.99. The number of fused-ring (bicyclic) bond motifs is 1. The Morgan fingerprint density at radius 2 is 1.68 bits per heavy atom. The number of benzene rings is 2. The number of carbonyl (C=O) groups is 3. The van der Waals surface area contributed by atoms with Crippen molar-refractivity contribution in [3.8, 4) is 0 Å². The van der Waals surface area contributed by atoms with Gasteiger partial charge in [0.15, 0.2) is 0 Å². The molecule has 4 atom stereocenters. The summed E-state index contributed by atoms with van der Waals surface area (Å²) < 4.78 is 0. The number of Topliss-reactive ketones (excluding diaryl/α,β-unsaturated/α-hetero) is 1. The third-order valence-electron chi connectivity index (χ3n) is 6.07. The molecule has 2 amide bonds. The van der Waals surface area contributed by atoms with Crippen molar-refractivity contribution in [1.29, 1.82) is 0 Å². The number of nitro benzene ring substituents is 1. The minimum absolute atomic E-state index is 0.0324. The lowest BCUT2D eigenvalue weighted by Crippen LogP contribution is -2.44. The fraction of sp³-hybridized carbons (Fsp3) is 0.250. The first-order valence-corrected chi connectivity index (χ1v) is 9.21. The summed E-state index contributed by atoms with van der Waals surface area (Å²) in [7, 11) is 0.